The van der Waals surface area contributed by atoms with Gasteiger partial charge in [0.1, 0.15) is 11.6 Å². The number of hydrogen-bond acceptors (Lipinski definition) is 3. The first-order valence-electron chi connectivity index (χ1n) is 6.27. The van der Waals surface area contributed by atoms with Crippen molar-refractivity contribution in [3.63, 3.8) is 0 Å². The molecule has 0 aromatic heterocycles. The van der Waals surface area contributed by atoms with Gasteiger partial charge in [-0.3, -0.25) is 9.59 Å². The van der Waals surface area contributed by atoms with Gasteiger partial charge in [-0.2, -0.15) is 0 Å². The molecule has 0 spiro atoms. The number of halogens is 2. The number of piperidine rings is 1. The zero-order chi connectivity index (χ0) is 14.7. The predicted molar refractivity (Wildman–Crippen MR) is 68.8 cm³/mol. The number of amides is 2. The van der Waals surface area contributed by atoms with E-state index in [4.69, 9.17) is 5.73 Å². The van der Waals surface area contributed by atoms with E-state index in [1.165, 1.54) is 17.0 Å². The van der Waals surface area contributed by atoms with Crippen molar-refractivity contribution in [3.8, 4) is 0 Å². The van der Waals surface area contributed by atoms with Crippen molar-refractivity contribution in [2.75, 3.05) is 18.4 Å². The molecular weight excluding hydrogens is 268 g/mol. The lowest BCUT2D eigenvalue weighted by molar-refractivity contribution is -0.144. The van der Waals surface area contributed by atoms with Gasteiger partial charge in [-0.05, 0) is 25.0 Å². The Morgan fingerprint density at radius 1 is 1.25 bits per heavy atom. The minimum atomic E-state index is -0.971. The Kier molecular flexibility index (Phi) is 4.16. The van der Waals surface area contributed by atoms with Crippen LogP contribution in [0.3, 0.4) is 0 Å². The second kappa shape index (κ2) is 5.85. The first-order chi connectivity index (χ1) is 9.47. The van der Waals surface area contributed by atoms with Crippen LogP contribution in [-0.4, -0.2) is 35.8 Å². The summed E-state index contributed by atoms with van der Waals surface area (Å²) in [7, 11) is 0. The Balaban J connectivity index is 1.91. The molecule has 20 heavy (non-hydrogen) atoms. The molecule has 2 amide bonds. The third kappa shape index (κ3) is 3.23. The molecule has 1 saturated heterocycles. The summed E-state index contributed by atoms with van der Waals surface area (Å²) in [5.74, 6) is -2.95. The Labute approximate surface area is 114 Å². The minimum absolute atomic E-state index is 0.0353. The van der Waals surface area contributed by atoms with E-state index in [9.17, 15) is 18.4 Å². The molecular formula is C13H15F2N3O2. The third-order valence-corrected chi connectivity index (χ3v) is 3.28. The first kappa shape index (κ1) is 14.2. The van der Waals surface area contributed by atoms with Gasteiger partial charge in [0.05, 0.1) is 5.69 Å². The van der Waals surface area contributed by atoms with Gasteiger partial charge in [0, 0.05) is 25.2 Å². The standard InChI is InChI=1S/C13H15F2N3O2/c14-8-1-2-11(10(15)7-8)17-9-3-5-18(6-4-9)13(20)12(16)19/h1-2,7,9,17H,3-6H2,(H2,16,19). The predicted octanol–water partition coefficient (Wildman–Crippen LogP) is 0.853. The normalized spacial score (nSPS) is 16.0. The number of nitrogens with zero attached hydrogens (tertiary/aromatic N) is 1. The van der Waals surface area contributed by atoms with Gasteiger partial charge >= 0.3 is 11.8 Å². The van der Waals surface area contributed by atoms with Crippen LogP contribution in [0.15, 0.2) is 18.2 Å². The summed E-state index contributed by atoms with van der Waals surface area (Å²) in [5.41, 5.74) is 5.16. The number of benzene rings is 1. The minimum Gasteiger partial charge on any atom is -0.380 e. The fraction of sp³-hybridized carbons (Fsp3) is 0.385. The molecule has 0 unspecified atom stereocenters. The van der Waals surface area contributed by atoms with Crippen molar-refractivity contribution in [2.24, 2.45) is 5.73 Å². The second-order valence-electron chi connectivity index (χ2n) is 4.70. The van der Waals surface area contributed by atoms with Crippen LogP contribution in [0.25, 0.3) is 0 Å². The van der Waals surface area contributed by atoms with Gasteiger partial charge < -0.3 is 16.0 Å². The Bertz CT molecular complexity index is 528. The topological polar surface area (TPSA) is 75.4 Å². The maximum absolute atomic E-state index is 13.5. The summed E-state index contributed by atoms with van der Waals surface area (Å²) >= 11 is 0. The molecule has 0 atom stereocenters. The highest BCUT2D eigenvalue weighted by molar-refractivity contribution is 6.34. The maximum atomic E-state index is 13.5. The SMILES string of the molecule is NC(=O)C(=O)N1CCC(Nc2ccc(F)cc2F)CC1. The molecule has 1 aliphatic rings. The van der Waals surface area contributed by atoms with Crippen molar-refractivity contribution in [1.82, 2.24) is 4.90 Å². The Morgan fingerprint density at radius 2 is 1.90 bits per heavy atom. The number of nitrogens with one attached hydrogen (secondary N) is 1. The van der Waals surface area contributed by atoms with Gasteiger partial charge in [0.2, 0.25) is 0 Å². The fourth-order valence-electron chi connectivity index (χ4n) is 2.21. The number of likely N-dealkylation sites (tertiary alicyclic amines) is 1. The molecule has 108 valence electrons. The average molecular weight is 283 g/mol. The van der Waals surface area contributed by atoms with Crippen LogP contribution in [0.4, 0.5) is 14.5 Å². The largest absolute Gasteiger partial charge is 0.380 e. The maximum Gasteiger partial charge on any atom is 0.311 e. The van der Waals surface area contributed by atoms with E-state index >= 15 is 0 Å². The van der Waals surface area contributed by atoms with Crippen LogP contribution < -0.4 is 11.1 Å². The van der Waals surface area contributed by atoms with Crippen LogP contribution in [-0.2, 0) is 9.59 Å². The zero-order valence-corrected chi connectivity index (χ0v) is 10.7. The molecule has 2 rings (SSSR count). The number of anilines is 1. The van der Waals surface area contributed by atoms with E-state index in [1.807, 2.05) is 0 Å². The average Bonchev–Trinajstić information content (AvgIpc) is 2.42. The number of carbonyl (C=O) groups is 2. The van der Waals surface area contributed by atoms with Crippen LogP contribution in [0.1, 0.15) is 12.8 Å². The summed E-state index contributed by atoms with van der Waals surface area (Å²) in [4.78, 5) is 23.5. The Hall–Kier alpha value is -2.18. The van der Waals surface area contributed by atoms with Gasteiger partial charge in [0.15, 0.2) is 0 Å². The van der Waals surface area contributed by atoms with Gasteiger partial charge in [-0.25, -0.2) is 8.78 Å². The van der Waals surface area contributed by atoms with Gasteiger partial charge in [0.25, 0.3) is 0 Å². The number of hydrogen-bond donors (Lipinski definition) is 2. The zero-order valence-electron chi connectivity index (χ0n) is 10.7. The Morgan fingerprint density at radius 3 is 2.45 bits per heavy atom. The van der Waals surface area contributed by atoms with E-state index in [0.29, 0.717) is 25.9 Å². The molecule has 1 fully saturated rings. The van der Waals surface area contributed by atoms with Crippen LogP contribution in [0.5, 0.6) is 0 Å². The lowest BCUT2D eigenvalue weighted by Gasteiger charge is -2.32. The molecule has 3 N–H and O–H groups in total. The molecule has 0 radical (unpaired) electrons. The number of rotatable bonds is 2. The van der Waals surface area contributed by atoms with Gasteiger partial charge in [-0.15, -0.1) is 0 Å². The highest BCUT2D eigenvalue weighted by Crippen LogP contribution is 2.20. The molecule has 0 saturated carbocycles. The van der Waals surface area contributed by atoms with Crippen molar-refractivity contribution < 1.29 is 18.4 Å². The number of nitrogens with two attached hydrogens (primary N) is 1. The monoisotopic (exact) mass is 283 g/mol. The first-order valence-corrected chi connectivity index (χ1v) is 6.27. The smallest absolute Gasteiger partial charge is 0.311 e. The lowest BCUT2D eigenvalue weighted by atomic mass is 10.0. The van der Waals surface area contributed by atoms with Gasteiger partial charge in [-0.1, -0.05) is 0 Å². The van der Waals surface area contributed by atoms with Crippen molar-refractivity contribution in [2.45, 2.75) is 18.9 Å². The van der Waals surface area contributed by atoms with Crippen LogP contribution >= 0.6 is 0 Å². The second-order valence-corrected chi connectivity index (χ2v) is 4.70. The molecule has 7 heteroatoms. The van der Waals surface area contributed by atoms with Crippen molar-refractivity contribution >= 4 is 17.5 Å². The highest BCUT2D eigenvalue weighted by Gasteiger charge is 2.25. The summed E-state index contributed by atoms with van der Waals surface area (Å²) in [6.45, 7) is 0.754. The third-order valence-electron chi connectivity index (χ3n) is 3.28. The highest BCUT2D eigenvalue weighted by atomic mass is 19.1. The van der Waals surface area contributed by atoms with E-state index in [1.54, 1.807) is 0 Å². The quantitative estimate of drug-likeness (QED) is 0.790. The number of primary amides is 1. The molecule has 1 heterocycles. The van der Waals surface area contributed by atoms with Crippen molar-refractivity contribution in [3.05, 3.63) is 29.8 Å². The van der Waals surface area contributed by atoms with E-state index in [-0.39, 0.29) is 11.7 Å². The summed E-state index contributed by atoms with van der Waals surface area (Å²) in [6, 6.07) is 3.29. The van der Waals surface area contributed by atoms with Crippen LogP contribution in [0.2, 0.25) is 0 Å². The molecule has 5 nitrogen and oxygen atoms in total. The molecule has 1 aromatic rings. The lowest BCUT2D eigenvalue weighted by Crippen LogP contribution is -2.47. The molecule has 1 aromatic carbocycles. The summed E-state index contributed by atoms with van der Waals surface area (Å²) in [6.07, 6.45) is 1.13. The van der Waals surface area contributed by atoms with E-state index < -0.39 is 23.4 Å². The number of carbonyl (C=O) groups excluding carboxylic acids is 2. The molecule has 1 aliphatic heterocycles. The fourth-order valence-corrected chi connectivity index (χ4v) is 2.21. The van der Waals surface area contributed by atoms with E-state index in [2.05, 4.69) is 5.32 Å². The van der Waals surface area contributed by atoms with Crippen molar-refractivity contribution in [1.29, 1.82) is 0 Å². The van der Waals surface area contributed by atoms with E-state index in [0.717, 1.165) is 6.07 Å². The summed E-state index contributed by atoms with van der Waals surface area (Å²) < 4.78 is 26.3. The molecule has 0 aliphatic carbocycles. The van der Waals surface area contributed by atoms with Crippen LogP contribution in [0, 0.1) is 11.6 Å². The molecule has 0 bridgehead atoms. The summed E-state index contributed by atoms with van der Waals surface area (Å²) in [5, 5.41) is 2.97.